The standard InChI is InChI=1S/C30H37N5O5S/c1-6-12-26-32-25(7-2)27(29(31)36)35(26)17-22-15-16-23(21-13-10-9-11-14-21)24(18-39-8-3)28(22)41(37,38)34-30-19(4)20(5)33-40-30/h9-11,13-16,34H,6-8,12,17-18H2,1-5H3,(H2,31,36). The molecule has 0 atom stereocenters. The Bertz CT molecular complexity index is 1640. The number of nitrogens with two attached hydrogens (primary N) is 1. The number of benzene rings is 2. The summed E-state index contributed by atoms with van der Waals surface area (Å²) in [6.45, 7) is 9.76. The van der Waals surface area contributed by atoms with E-state index < -0.39 is 15.9 Å². The number of nitrogens with zero attached hydrogens (tertiary/aromatic N) is 3. The summed E-state index contributed by atoms with van der Waals surface area (Å²) < 4.78 is 44.0. The van der Waals surface area contributed by atoms with Gasteiger partial charge < -0.3 is 19.6 Å². The third kappa shape index (κ3) is 6.20. The van der Waals surface area contributed by atoms with Crippen LogP contribution >= 0.6 is 0 Å². The number of hydrogen-bond acceptors (Lipinski definition) is 7. The molecule has 218 valence electrons. The maximum Gasteiger partial charge on any atom is 0.267 e. The van der Waals surface area contributed by atoms with Gasteiger partial charge in [-0.2, -0.15) is 0 Å². The molecular weight excluding hydrogens is 542 g/mol. The summed E-state index contributed by atoms with van der Waals surface area (Å²) in [5.41, 5.74) is 10.4. The minimum atomic E-state index is -4.24. The van der Waals surface area contributed by atoms with Gasteiger partial charge in [0.05, 0.1) is 29.4 Å². The van der Waals surface area contributed by atoms with Crippen LogP contribution in [-0.2, 0) is 40.8 Å². The lowest BCUT2D eigenvalue weighted by Crippen LogP contribution is -2.23. The number of anilines is 1. The number of nitrogens with one attached hydrogen (secondary N) is 1. The first-order valence-electron chi connectivity index (χ1n) is 13.7. The molecule has 3 N–H and O–H groups in total. The molecular formula is C30H37N5O5S. The summed E-state index contributed by atoms with van der Waals surface area (Å²) in [6, 6.07) is 13.2. The molecule has 41 heavy (non-hydrogen) atoms. The Hall–Kier alpha value is -3.96. The Labute approximate surface area is 241 Å². The Morgan fingerprint density at radius 1 is 1.10 bits per heavy atom. The highest BCUT2D eigenvalue weighted by molar-refractivity contribution is 7.92. The fourth-order valence-corrected chi connectivity index (χ4v) is 6.39. The predicted molar refractivity (Wildman–Crippen MR) is 157 cm³/mol. The lowest BCUT2D eigenvalue weighted by atomic mass is 9.97. The summed E-state index contributed by atoms with van der Waals surface area (Å²) in [5, 5.41) is 3.91. The molecule has 4 aromatic rings. The van der Waals surface area contributed by atoms with Crippen LogP contribution in [-0.4, -0.2) is 35.6 Å². The molecule has 2 aromatic heterocycles. The zero-order chi connectivity index (χ0) is 29.7. The van der Waals surface area contributed by atoms with Gasteiger partial charge in [-0.3, -0.25) is 4.79 Å². The van der Waals surface area contributed by atoms with Crippen molar-refractivity contribution in [1.29, 1.82) is 0 Å². The van der Waals surface area contributed by atoms with Gasteiger partial charge in [-0.15, -0.1) is 0 Å². The van der Waals surface area contributed by atoms with Crippen LogP contribution in [0.1, 0.15) is 71.6 Å². The smallest absolute Gasteiger partial charge is 0.267 e. The van der Waals surface area contributed by atoms with Crippen molar-refractivity contribution >= 4 is 21.8 Å². The number of carbonyl (C=O) groups excluding carboxylic acids is 1. The third-order valence-electron chi connectivity index (χ3n) is 7.02. The average molecular weight is 580 g/mol. The van der Waals surface area contributed by atoms with Crippen LogP contribution < -0.4 is 10.5 Å². The van der Waals surface area contributed by atoms with Crippen LogP contribution in [0.25, 0.3) is 11.1 Å². The average Bonchev–Trinajstić information content (AvgIpc) is 3.46. The summed E-state index contributed by atoms with van der Waals surface area (Å²) in [7, 11) is -4.24. The molecule has 2 heterocycles. The number of hydrogen-bond donors (Lipinski definition) is 2. The van der Waals surface area contributed by atoms with E-state index in [9.17, 15) is 13.2 Å². The monoisotopic (exact) mass is 579 g/mol. The molecule has 10 nitrogen and oxygen atoms in total. The van der Waals surface area contributed by atoms with E-state index in [0.29, 0.717) is 53.4 Å². The minimum Gasteiger partial charge on any atom is -0.377 e. The molecule has 0 saturated carbocycles. The van der Waals surface area contributed by atoms with Crippen molar-refractivity contribution in [2.24, 2.45) is 5.73 Å². The SMILES string of the molecule is CCCc1nc(CC)c(C(N)=O)n1Cc1ccc(-c2ccccc2)c(COCC)c1S(=O)(=O)Nc1onc(C)c1C. The number of amides is 1. The van der Waals surface area contributed by atoms with Crippen molar-refractivity contribution in [3.63, 3.8) is 0 Å². The highest BCUT2D eigenvalue weighted by Crippen LogP contribution is 2.35. The fraction of sp³-hybridized carbons (Fsp3) is 0.367. The van der Waals surface area contributed by atoms with Gasteiger partial charge in [0, 0.05) is 24.2 Å². The van der Waals surface area contributed by atoms with Gasteiger partial charge in [-0.1, -0.05) is 61.5 Å². The predicted octanol–water partition coefficient (Wildman–Crippen LogP) is 5.15. The molecule has 0 unspecified atom stereocenters. The first-order valence-corrected chi connectivity index (χ1v) is 15.2. The van der Waals surface area contributed by atoms with Crippen molar-refractivity contribution in [3.05, 3.63) is 82.1 Å². The van der Waals surface area contributed by atoms with Gasteiger partial charge in [0.2, 0.25) is 5.88 Å². The quantitative estimate of drug-likeness (QED) is 0.223. The van der Waals surface area contributed by atoms with E-state index in [1.807, 2.05) is 57.2 Å². The number of primary amides is 1. The van der Waals surface area contributed by atoms with Crippen molar-refractivity contribution in [2.75, 3.05) is 11.3 Å². The zero-order valence-corrected chi connectivity index (χ0v) is 25.0. The highest BCUT2D eigenvalue weighted by Gasteiger charge is 2.30. The van der Waals surface area contributed by atoms with Crippen molar-refractivity contribution in [1.82, 2.24) is 14.7 Å². The number of rotatable bonds is 13. The van der Waals surface area contributed by atoms with E-state index in [0.717, 1.165) is 17.5 Å². The van der Waals surface area contributed by atoms with Crippen LogP contribution in [0.2, 0.25) is 0 Å². The topological polar surface area (TPSA) is 142 Å². The lowest BCUT2D eigenvalue weighted by Gasteiger charge is -2.21. The van der Waals surface area contributed by atoms with E-state index >= 15 is 0 Å². The van der Waals surface area contributed by atoms with E-state index in [-0.39, 0.29) is 29.6 Å². The van der Waals surface area contributed by atoms with Crippen LogP contribution in [0.5, 0.6) is 0 Å². The molecule has 0 aliphatic carbocycles. The first kappa shape index (κ1) is 30.0. The van der Waals surface area contributed by atoms with Crippen molar-refractivity contribution in [2.45, 2.75) is 71.9 Å². The second-order valence-corrected chi connectivity index (χ2v) is 11.4. The Kier molecular flexibility index (Phi) is 9.29. The normalized spacial score (nSPS) is 11.6. The molecule has 4 rings (SSSR count). The molecule has 1 amide bonds. The third-order valence-corrected chi connectivity index (χ3v) is 8.52. The van der Waals surface area contributed by atoms with E-state index in [2.05, 4.69) is 9.88 Å². The highest BCUT2D eigenvalue weighted by atomic mass is 32.2. The van der Waals surface area contributed by atoms with E-state index in [4.69, 9.17) is 20.0 Å². The number of carbonyl (C=O) groups is 1. The molecule has 2 aromatic carbocycles. The summed E-state index contributed by atoms with van der Waals surface area (Å²) in [4.78, 5) is 17.4. The van der Waals surface area contributed by atoms with Crippen LogP contribution in [0.3, 0.4) is 0 Å². The number of sulfonamides is 1. The first-order chi connectivity index (χ1) is 19.6. The number of aromatic nitrogens is 3. The zero-order valence-electron chi connectivity index (χ0n) is 24.2. The van der Waals surface area contributed by atoms with Crippen LogP contribution in [0, 0.1) is 13.8 Å². The second-order valence-electron chi connectivity index (χ2n) is 9.79. The maximum atomic E-state index is 14.3. The lowest BCUT2D eigenvalue weighted by molar-refractivity contribution is 0.0990. The van der Waals surface area contributed by atoms with Gasteiger partial charge in [0.1, 0.15) is 11.5 Å². The largest absolute Gasteiger partial charge is 0.377 e. The minimum absolute atomic E-state index is 0.0429. The Balaban J connectivity index is 2.00. The molecule has 0 bridgehead atoms. The summed E-state index contributed by atoms with van der Waals surface area (Å²) in [6.07, 6.45) is 1.91. The fourth-order valence-electron chi connectivity index (χ4n) is 4.89. The van der Waals surface area contributed by atoms with E-state index in [1.165, 1.54) is 0 Å². The molecule has 0 aliphatic rings. The Morgan fingerprint density at radius 2 is 1.83 bits per heavy atom. The van der Waals surface area contributed by atoms with E-state index in [1.54, 1.807) is 24.5 Å². The van der Waals surface area contributed by atoms with Gasteiger partial charge in [0.15, 0.2) is 0 Å². The molecule has 0 spiro atoms. The maximum absolute atomic E-state index is 14.3. The van der Waals surface area contributed by atoms with Crippen molar-refractivity contribution < 1.29 is 22.5 Å². The van der Waals surface area contributed by atoms with Crippen LogP contribution in [0.4, 0.5) is 5.88 Å². The molecule has 0 saturated heterocycles. The van der Waals surface area contributed by atoms with Crippen LogP contribution in [0.15, 0.2) is 51.9 Å². The summed E-state index contributed by atoms with van der Waals surface area (Å²) >= 11 is 0. The molecule has 11 heteroatoms. The second kappa shape index (κ2) is 12.7. The number of imidazole rings is 1. The van der Waals surface area contributed by atoms with Gasteiger partial charge in [-0.25, -0.2) is 18.1 Å². The molecule has 0 radical (unpaired) electrons. The van der Waals surface area contributed by atoms with Crippen molar-refractivity contribution in [3.8, 4) is 11.1 Å². The van der Waals surface area contributed by atoms with Gasteiger partial charge in [0.25, 0.3) is 15.9 Å². The molecule has 0 aliphatic heterocycles. The number of aryl methyl sites for hydroxylation is 3. The number of ether oxygens (including phenoxy) is 1. The van der Waals surface area contributed by atoms with Gasteiger partial charge in [-0.05, 0) is 50.3 Å². The van der Waals surface area contributed by atoms with Gasteiger partial charge >= 0.3 is 0 Å². The Morgan fingerprint density at radius 3 is 2.41 bits per heavy atom. The molecule has 0 fully saturated rings. The summed E-state index contributed by atoms with van der Waals surface area (Å²) in [5.74, 6) is 0.110.